The number of aliphatic hydroxyl groups excluding tert-OH is 1. The van der Waals surface area contributed by atoms with Crippen molar-refractivity contribution in [1.29, 1.82) is 0 Å². The molecular weight excluding hydrogens is 661 g/mol. The molecule has 2 unspecified atom stereocenters. The molecule has 1 fully saturated rings. The van der Waals surface area contributed by atoms with Gasteiger partial charge in [0, 0.05) is 26.6 Å². The number of rotatable bonds is 25. The zero-order valence-corrected chi connectivity index (χ0v) is 33.7. The van der Waals surface area contributed by atoms with Gasteiger partial charge in [0.05, 0.1) is 6.10 Å². The maximum atomic E-state index is 15.3. The minimum absolute atomic E-state index is 0.0630. The molecule has 10 nitrogen and oxygen atoms in total. The smallest absolute Gasteiger partial charge is 0.348 e. The maximum absolute atomic E-state index is 15.3. The lowest BCUT2D eigenvalue weighted by Gasteiger charge is -2.44. The predicted octanol–water partition coefficient (Wildman–Crippen LogP) is 6.82. The molecular formula is C37H64O10Si2. The van der Waals surface area contributed by atoms with E-state index >= 15 is 4.79 Å². The molecule has 0 bridgehead atoms. The summed E-state index contributed by atoms with van der Waals surface area (Å²) in [5.41, 5.74) is -1.11. The number of cyclic esters (lactones) is 1. The van der Waals surface area contributed by atoms with Crippen LogP contribution >= 0.6 is 0 Å². The van der Waals surface area contributed by atoms with E-state index in [9.17, 15) is 9.90 Å². The number of carbonyl (C=O) groups is 2. The van der Waals surface area contributed by atoms with Gasteiger partial charge in [0.25, 0.3) is 0 Å². The van der Waals surface area contributed by atoms with Crippen LogP contribution in [0.1, 0.15) is 67.4 Å². The Labute approximate surface area is 297 Å². The second kappa shape index (κ2) is 20.9. The highest BCUT2D eigenvalue weighted by Gasteiger charge is 2.68. The summed E-state index contributed by atoms with van der Waals surface area (Å²) in [5, 5.41) is 12.0. The monoisotopic (exact) mass is 724 g/mol. The van der Waals surface area contributed by atoms with Crippen molar-refractivity contribution in [3.05, 3.63) is 48.0 Å². The number of Topliss-reactive ketones (excluding diaryl/α,β-unsaturated/α-hetero) is 1. The number of hydrogen-bond donors (Lipinski definition) is 1. The summed E-state index contributed by atoms with van der Waals surface area (Å²) >= 11 is 0. The van der Waals surface area contributed by atoms with Gasteiger partial charge in [-0.25, -0.2) is 4.79 Å². The van der Waals surface area contributed by atoms with Gasteiger partial charge in [-0.3, -0.25) is 4.79 Å². The van der Waals surface area contributed by atoms with Crippen LogP contribution < -0.4 is 0 Å². The Balaban J connectivity index is 2.83. The van der Waals surface area contributed by atoms with E-state index in [1.54, 1.807) is 13.0 Å². The molecule has 0 spiro atoms. The predicted molar refractivity (Wildman–Crippen MR) is 196 cm³/mol. The summed E-state index contributed by atoms with van der Waals surface area (Å²) in [5.74, 6) is -2.45. The molecule has 1 aromatic carbocycles. The van der Waals surface area contributed by atoms with Crippen molar-refractivity contribution in [3.8, 4) is 0 Å². The van der Waals surface area contributed by atoms with Crippen molar-refractivity contribution >= 4 is 28.4 Å². The van der Waals surface area contributed by atoms with E-state index in [2.05, 4.69) is 41.5 Å². The lowest BCUT2D eigenvalue weighted by molar-refractivity contribution is -0.186. The highest BCUT2D eigenvalue weighted by atomic mass is 28.4. The van der Waals surface area contributed by atoms with Gasteiger partial charge < -0.3 is 37.6 Å². The van der Waals surface area contributed by atoms with Crippen LogP contribution in [0.2, 0.25) is 36.3 Å². The normalized spacial score (nSPS) is 22.6. The van der Waals surface area contributed by atoms with E-state index in [-0.39, 0.29) is 13.6 Å². The zero-order valence-electron chi connectivity index (χ0n) is 31.7. The molecule has 7 atom stereocenters. The molecule has 0 saturated carbocycles. The highest BCUT2D eigenvalue weighted by molar-refractivity contribution is 6.74. The standard InChI is InChI=1S/C37H64O10Si2/c1-11-18-24-30(43-26-41-9)33(44-27-42-10)32(38)28(8)34(39)37(47-49(15-5,16-6)17-7)35(46-48(12-2,13-3)14-4)31(45-36(37)40)25-29-22-20-19-21-23-29/h18-24,28,30-33,35,38H,11-17,25-27H2,1-10H3/b24-18-/t28?,30-,31+,32?,33-,35-,37+/m0/s1. The fourth-order valence-electron chi connectivity index (χ4n) is 6.78. The molecule has 0 aliphatic carbocycles. The van der Waals surface area contributed by atoms with Crippen molar-refractivity contribution in [2.75, 3.05) is 27.8 Å². The Morgan fingerprint density at radius 1 is 0.898 bits per heavy atom. The Kier molecular flexibility index (Phi) is 18.6. The summed E-state index contributed by atoms with van der Waals surface area (Å²) in [6.45, 7) is 15.9. The molecule has 0 amide bonds. The van der Waals surface area contributed by atoms with Crippen molar-refractivity contribution in [3.63, 3.8) is 0 Å². The van der Waals surface area contributed by atoms with Gasteiger partial charge in [-0.05, 0) is 48.2 Å². The molecule has 1 saturated heterocycles. The van der Waals surface area contributed by atoms with Crippen LogP contribution in [0.5, 0.6) is 0 Å². The number of ether oxygens (including phenoxy) is 5. The summed E-state index contributed by atoms with van der Waals surface area (Å²) in [7, 11) is -2.16. The van der Waals surface area contributed by atoms with Gasteiger partial charge in [0.1, 0.15) is 38.0 Å². The quantitative estimate of drug-likeness (QED) is 0.0379. The molecule has 0 aromatic heterocycles. The summed E-state index contributed by atoms with van der Waals surface area (Å²) < 4.78 is 42.9. The van der Waals surface area contributed by atoms with Crippen LogP contribution in [0.15, 0.2) is 42.5 Å². The third-order valence-electron chi connectivity index (χ3n) is 10.5. The second-order valence-electron chi connectivity index (χ2n) is 13.1. The summed E-state index contributed by atoms with van der Waals surface area (Å²) in [4.78, 5) is 29.9. The number of carbonyl (C=O) groups excluding carboxylic acids is 2. The molecule has 1 heterocycles. The summed E-state index contributed by atoms with van der Waals surface area (Å²) in [6.07, 6.45) is -0.228. The Morgan fingerprint density at radius 2 is 1.45 bits per heavy atom. The van der Waals surface area contributed by atoms with Crippen LogP contribution in [0, 0.1) is 5.92 Å². The number of hydrogen-bond acceptors (Lipinski definition) is 10. The Hall–Kier alpha value is -1.75. The van der Waals surface area contributed by atoms with Crippen molar-refractivity contribution in [1.82, 2.24) is 0 Å². The van der Waals surface area contributed by atoms with Gasteiger partial charge in [0.15, 0.2) is 22.4 Å². The van der Waals surface area contributed by atoms with E-state index in [1.165, 1.54) is 14.2 Å². The zero-order chi connectivity index (χ0) is 36.7. The van der Waals surface area contributed by atoms with Crippen LogP contribution in [0.3, 0.4) is 0 Å². The van der Waals surface area contributed by atoms with E-state index in [0.717, 1.165) is 23.7 Å². The molecule has 1 aliphatic rings. The maximum Gasteiger partial charge on any atom is 0.348 e. The first-order chi connectivity index (χ1) is 23.5. The SMILES string of the molecule is CC/C=C\[C@H](OCOC)[C@H](OCOC)C(O)C(C)C(=O)[C@]1(O[Si](CC)(CC)CC)C(=O)O[C@H](Cc2ccccc2)[C@@H]1O[Si](CC)(CC)CC. The summed E-state index contributed by atoms with van der Waals surface area (Å²) in [6, 6.07) is 14.3. The Morgan fingerprint density at radius 3 is 1.96 bits per heavy atom. The third-order valence-corrected chi connectivity index (χ3v) is 19.7. The van der Waals surface area contributed by atoms with Crippen LogP contribution in [-0.4, -0.2) is 97.4 Å². The van der Waals surface area contributed by atoms with Crippen LogP contribution in [-0.2, 0) is 48.5 Å². The minimum atomic E-state index is -2.69. The number of ketones is 1. The first-order valence-corrected chi connectivity index (χ1v) is 23.3. The average molecular weight is 725 g/mol. The average Bonchev–Trinajstić information content (AvgIpc) is 3.38. The molecule has 49 heavy (non-hydrogen) atoms. The van der Waals surface area contributed by atoms with E-state index in [1.807, 2.05) is 43.3 Å². The molecule has 1 aromatic rings. The van der Waals surface area contributed by atoms with Crippen LogP contribution in [0.25, 0.3) is 0 Å². The van der Waals surface area contributed by atoms with E-state index in [4.69, 9.17) is 32.5 Å². The largest absolute Gasteiger partial charge is 0.457 e. The first kappa shape index (κ1) is 43.4. The second-order valence-corrected chi connectivity index (χ2v) is 22.5. The van der Waals surface area contributed by atoms with Gasteiger partial charge in [0.2, 0.25) is 5.60 Å². The van der Waals surface area contributed by atoms with Gasteiger partial charge >= 0.3 is 5.97 Å². The number of allylic oxidation sites excluding steroid dienone is 1. The number of benzene rings is 1. The highest BCUT2D eigenvalue weighted by Crippen LogP contribution is 2.44. The number of aliphatic hydroxyl groups is 1. The van der Waals surface area contributed by atoms with Gasteiger partial charge in [-0.2, -0.15) is 0 Å². The third kappa shape index (κ3) is 10.4. The Bertz CT molecular complexity index is 1130. The van der Waals surface area contributed by atoms with Gasteiger partial charge in [-0.15, -0.1) is 0 Å². The molecule has 1 N–H and O–H groups in total. The molecule has 1 aliphatic heterocycles. The number of esters is 1. The number of methoxy groups -OCH3 is 2. The van der Waals surface area contributed by atoms with Crippen molar-refractivity contribution < 1.29 is 47.2 Å². The first-order valence-electron chi connectivity index (χ1n) is 18.2. The fraction of sp³-hybridized carbons (Fsp3) is 0.730. The molecule has 0 radical (unpaired) electrons. The van der Waals surface area contributed by atoms with Gasteiger partial charge in [-0.1, -0.05) is 97.9 Å². The fourth-order valence-corrected chi connectivity index (χ4v) is 12.5. The van der Waals surface area contributed by atoms with E-state index < -0.39 is 70.4 Å². The molecule has 2 rings (SSSR count). The van der Waals surface area contributed by atoms with Crippen LogP contribution in [0.4, 0.5) is 0 Å². The molecule has 12 heteroatoms. The van der Waals surface area contributed by atoms with E-state index in [0.29, 0.717) is 31.0 Å². The topological polar surface area (TPSA) is 119 Å². The van der Waals surface area contributed by atoms with Crippen molar-refractivity contribution in [2.24, 2.45) is 5.92 Å². The lowest BCUT2D eigenvalue weighted by atomic mass is 9.80. The van der Waals surface area contributed by atoms with Crippen molar-refractivity contribution in [2.45, 2.75) is 141 Å². The lowest BCUT2D eigenvalue weighted by Crippen LogP contribution is -2.66. The molecule has 280 valence electrons. The minimum Gasteiger partial charge on any atom is -0.457 e.